The smallest absolute Gasteiger partial charge is 0.219 e. The fourth-order valence-electron chi connectivity index (χ4n) is 1.36. The Kier molecular flexibility index (Phi) is 3.71. The summed E-state index contributed by atoms with van der Waals surface area (Å²) in [5.74, 6) is 1.10. The maximum Gasteiger partial charge on any atom is 0.219 e. The Labute approximate surface area is 107 Å². The molecular formula is C12H11BrN2O2. The molecule has 2 heterocycles. The summed E-state index contributed by atoms with van der Waals surface area (Å²) in [5.41, 5.74) is 1.55. The first kappa shape index (κ1) is 12.0. The van der Waals surface area contributed by atoms with E-state index in [1.54, 1.807) is 24.5 Å². The molecule has 0 atom stereocenters. The zero-order valence-corrected chi connectivity index (χ0v) is 10.8. The molecule has 0 spiro atoms. The molecule has 0 aliphatic carbocycles. The van der Waals surface area contributed by atoms with Gasteiger partial charge in [0.1, 0.15) is 5.75 Å². The van der Waals surface area contributed by atoms with Crippen molar-refractivity contribution in [3.8, 4) is 11.6 Å². The SMILES string of the molecule is Cc1nc(Oc2cncc(Br)c2)ccc1CO. The van der Waals surface area contributed by atoms with E-state index in [9.17, 15) is 0 Å². The van der Waals surface area contributed by atoms with Crippen molar-refractivity contribution >= 4 is 15.9 Å². The lowest BCUT2D eigenvalue weighted by molar-refractivity contribution is 0.280. The second kappa shape index (κ2) is 5.25. The highest BCUT2D eigenvalue weighted by Crippen LogP contribution is 2.22. The molecule has 17 heavy (non-hydrogen) atoms. The molecule has 2 rings (SSSR count). The molecule has 0 aromatic carbocycles. The average Bonchev–Trinajstić information content (AvgIpc) is 2.29. The van der Waals surface area contributed by atoms with Gasteiger partial charge >= 0.3 is 0 Å². The van der Waals surface area contributed by atoms with E-state index in [-0.39, 0.29) is 6.61 Å². The highest BCUT2D eigenvalue weighted by molar-refractivity contribution is 9.10. The molecule has 0 saturated heterocycles. The predicted octanol–water partition coefficient (Wildman–Crippen LogP) is 2.83. The number of aromatic nitrogens is 2. The van der Waals surface area contributed by atoms with Gasteiger partial charge in [-0.3, -0.25) is 4.98 Å². The molecular weight excluding hydrogens is 284 g/mol. The van der Waals surface area contributed by atoms with E-state index in [2.05, 4.69) is 25.9 Å². The first-order valence-corrected chi connectivity index (χ1v) is 5.84. The highest BCUT2D eigenvalue weighted by atomic mass is 79.9. The molecule has 1 N–H and O–H groups in total. The summed E-state index contributed by atoms with van der Waals surface area (Å²) in [5, 5.41) is 9.04. The summed E-state index contributed by atoms with van der Waals surface area (Å²) >= 11 is 3.32. The fourth-order valence-corrected chi connectivity index (χ4v) is 1.70. The summed E-state index contributed by atoms with van der Waals surface area (Å²) in [6.45, 7) is 1.81. The third kappa shape index (κ3) is 3.01. The molecule has 2 aromatic rings. The summed E-state index contributed by atoms with van der Waals surface area (Å²) in [6, 6.07) is 5.33. The molecule has 4 nitrogen and oxygen atoms in total. The Morgan fingerprint density at radius 1 is 1.35 bits per heavy atom. The Morgan fingerprint density at radius 2 is 2.18 bits per heavy atom. The maximum absolute atomic E-state index is 9.04. The molecule has 0 saturated carbocycles. The molecule has 5 heteroatoms. The van der Waals surface area contributed by atoms with Crippen molar-refractivity contribution in [2.45, 2.75) is 13.5 Å². The van der Waals surface area contributed by atoms with Crippen LogP contribution in [-0.4, -0.2) is 15.1 Å². The van der Waals surface area contributed by atoms with Crippen LogP contribution in [0.4, 0.5) is 0 Å². The zero-order chi connectivity index (χ0) is 12.3. The molecule has 0 unspecified atom stereocenters. The highest BCUT2D eigenvalue weighted by Gasteiger charge is 2.03. The van der Waals surface area contributed by atoms with Gasteiger partial charge in [0.2, 0.25) is 5.88 Å². The number of hydrogen-bond donors (Lipinski definition) is 1. The monoisotopic (exact) mass is 294 g/mol. The third-order valence-corrected chi connectivity index (χ3v) is 2.68. The van der Waals surface area contributed by atoms with Crippen LogP contribution in [-0.2, 0) is 6.61 Å². The fraction of sp³-hybridized carbons (Fsp3) is 0.167. The normalized spacial score (nSPS) is 10.3. The minimum atomic E-state index is -0.0163. The van der Waals surface area contributed by atoms with Gasteiger partial charge in [-0.2, -0.15) is 0 Å². The predicted molar refractivity (Wildman–Crippen MR) is 66.9 cm³/mol. The van der Waals surface area contributed by atoms with E-state index < -0.39 is 0 Å². The summed E-state index contributed by atoms with van der Waals surface area (Å²) < 4.78 is 6.40. The molecule has 0 aliphatic rings. The number of rotatable bonds is 3. The summed E-state index contributed by atoms with van der Waals surface area (Å²) in [6.07, 6.45) is 3.29. The minimum absolute atomic E-state index is 0.0163. The van der Waals surface area contributed by atoms with Gasteiger partial charge in [-0.25, -0.2) is 4.98 Å². The van der Waals surface area contributed by atoms with E-state index in [1.807, 2.05) is 13.0 Å². The van der Waals surface area contributed by atoms with Crippen LogP contribution in [0.1, 0.15) is 11.3 Å². The van der Waals surface area contributed by atoms with Crippen LogP contribution >= 0.6 is 15.9 Å². The lowest BCUT2D eigenvalue weighted by atomic mass is 10.2. The van der Waals surface area contributed by atoms with E-state index in [1.165, 1.54) is 0 Å². The van der Waals surface area contributed by atoms with Gasteiger partial charge in [-0.05, 0) is 40.5 Å². The summed E-state index contributed by atoms with van der Waals surface area (Å²) in [4.78, 5) is 8.24. The lowest BCUT2D eigenvalue weighted by Crippen LogP contribution is -1.95. The Hall–Kier alpha value is -1.46. The minimum Gasteiger partial charge on any atom is -0.437 e. The van der Waals surface area contributed by atoms with Crippen molar-refractivity contribution in [2.24, 2.45) is 0 Å². The molecule has 0 fully saturated rings. The summed E-state index contributed by atoms with van der Waals surface area (Å²) in [7, 11) is 0. The van der Waals surface area contributed by atoms with E-state index in [0.717, 1.165) is 15.7 Å². The van der Waals surface area contributed by atoms with Crippen LogP contribution in [0.2, 0.25) is 0 Å². The molecule has 0 radical (unpaired) electrons. The second-order valence-electron chi connectivity index (χ2n) is 3.49. The van der Waals surface area contributed by atoms with Crippen molar-refractivity contribution in [3.05, 3.63) is 46.3 Å². The number of pyridine rings is 2. The van der Waals surface area contributed by atoms with Crippen LogP contribution in [0.3, 0.4) is 0 Å². The van der Waals surface area contributed by atoms with Crippen LogP contribution in [0.15, 0.2) is 35.1 Å². The largest absolute Gasteiger partial charge is 0.437 e. The van der Waals surface area contributed by atoms with Crippen molar-refractivity contribution in [3.63, 3.8) is 0 Å². The zero-order valence-electron chi connectivity index (χ0n) is 9.22. The van der Waals surface area contributed by atoms with Gasteiger partial charge in [0.25, 0.3) is 0 Å². The molecule has 0 bridgehead atoms. The molecule has 2 aromatic heterocycles. The quantitative estimate of drug-likeness (QED) is 0.946. The standard InChI is InChI=1S/C12H11BrN2O2/c1-8-9(7-16)2-3-12(15-8)17-11-4-10(13)5-14-6-11/h2-6,16H,7H2,1H3. The van der Waals surface area contributed by atoms with Crippen molar-refractivity contribution in [1.29, 1.82) is 0 Å². The molecule has 0 amide bonds. The van der Waals surface area contributed by atoms with Gasteiger partial charge in [0, 0.05) is 22.4 Å². The lowest BCUT2D eigenvalue weighted by Gasteiger charge is -2.07. The number of halogens is 1. The van der Waals surface area contributed by atoms with Crippen molar-refractivity contribution < 1.29 is 9.84 Å². The van der Waals surface area contributed by atoms with Crippen LogP contribution < -0.4 is 4.74 Å². The van der Waals surface area contributed by atoms with Gasteiger partial charge in [0.15, 0.2) is 0 Å². The number of hydrogen-bond acceptors (Lipinski definition) is 4. The van der Waals surface area contributed by atoms with E-state index in [0.29, 0.717) is 11.6 Å². The van der Waals surface area contributed by atoms with Crippen LogP contribution in [0, 0.1) is 6.92 Å². The van der Waals surface area contributed by atoms with Crippen LogP contribution in [0.5, 0.6) is 11.6 Å². The van der Waals surface area contributed by atoms with Crippen molar-refractivity contribution in [2.75, 3.05) is 0 Å². The Balaban J connectivity index is 2.22. The molecule has 0 aliphatic heterocycles. The Morgan fingerprint density at radius 3 is 2.82 bits per heavy atom. The maximum atomic E-state index is 9.04. The van der Waals surface area contributed by atoms with Crippen molar-refractivity contribution in [1.82, 2.24) is 9.97 Å². The molecule has 88 valence electrons. The average molecular weight is 295 g/mol. The number of aryl methyl sites for hydroxylation is 1. The topological polar surface area (TPSA) is 55.2 Å². The van der Waals surface area contributed by atoms with E-state index >= 15 is 0 Å². The first-order valence-electron chi connectivity index (χ1n) is 5.05. The number of nitrogens with zero attached hydrogens (tertiary/aromatic N) is 2. The van der Waals surface area contributed by atoms with Gasteiger partial charge < -0.3 is 9.84 Å². The van der Waals surface area contributed by atoms with E-state index in [4.69, 9.17) is 9.84 Å². The Bertz CT molecular complexity index is 532. The van der Waals surface area contributed by atoms with Crippen LogP contribution in [0.25, 0.3) is 0 Å². The first-order chi connectivity index (χ1) is 8.19. The second-order valence-corrected chi connectivity index (χ2v) is 4.41. The van der Waals surface area contributed by atoms with Gasteiger partial charge in [-0.1, -0.05) is 0 Å². The number of aliphatic hydroxyl groups is 1. The number of ether oxygens (including phenoxy) is 1. The van der Waals surface area contributed by atoms with Gasteiger partial charge in [-0.15, -0.1) is 0 Å². The number of aliphatic hydroxyl groups excluding tert-OH is 1. The van der Waals surface area contributed by atoms with Gasteiger partial charge in [0.05, 0.1) is 12.8 Å². The third-order valence-electron chi connectivity index (χ3n) is 2.24.